The molecule has 0 fully saturated rings. The molecule has 1 aromatic carbocycles. The summed E-state index contributed by atoms with van der Waals surface area (Å²) in [6, 6.07) is 6.89. The Morgan fingerprint density at radius 3 is 2.56 bits per heavy atom. The molecule has 3 nitrogen and oxygen atoms in total. The van der Waals surface area contributed by atoms with Crippen molar-refractivity contribution in [2.75, 3.05) is 0 Å². The van der Waals surface area contributed by atoms with E-state index >= 15 is 0 Å². The summed E-state index contributed by atoms with van der Waals surface area (Å²) in [6.45, 7) is 1.93. The maximum Gasteiger partial charge on any atom is 0.228 e. The van der Waals surface area contributed by atoms with Gasteiger partial charge in [0, 0.05) is 32.7 Å². The molecule has 0 bridgehead atoms. The van der Waals surface area contributed by atoms with Crippen LogP contribution in [-0.4, -0.2) is 6.29 Å². The first-order valence-corrected chi connectivity index (χ1v) is 4.13. The summed E-state index contributed by atoms with van der Waals surface area (Å²) in [7, 11) is 0. The average molecular weight is 291 g/mol. The number of benzene rings is 1. The Morgan fingerprint density at radius 2 is 1.94 bits per heavy atom. The predicted octanol–water partition coefficient (Wildman–Crippen LogP) is 2.01. The minimum Gasteiger partial charge on any atom is -0.483 e. The third-order valence-electron chi connectivity index (χ3n) is 2.00. The summed E-state index contributed by atoms with van der Waals surface area (Å²) in [5.41, 5.74) is 0.822. The fraction of sp³-hybridized carbons (Fsp3) is 0.0833. The summed E-state index contributed by atoms with van der Waals surface area (Å²) >= 11 is 0. The second-order valence-corrected chi connectivity index (χ2v) is 3.09. The zero-order valence-electron chi connectivity index (χ0n) is 9.11. The van der Waals surface area contributed by atoms with E-state index in [1.54, 1.807) is 12.4 Å². The van der Waals surface area contributed by atoms with Gasteiger partial charge in [0.05, 0.1) is 6.29 Å². The first-order valence-electron chi connectivity index (χ1n) is 4.13. The van der Waals surface area contributed by atoms with Crippen molar-refractivity contribution in [2.24, 2.45) is 0 Å². The van der Waals surface area contributed by atoms with Crippen molar-refractivity contribution in [2.45, 2.75) is 6.92 Å². The van der Waals surface area contributed by atoms with Gasteiger partial charge in [-0.15, -0.1) is 6.07 Å². The van der Waals surface area contributed by atoms with Crippen LogP contribution in [0.3, 0.4) is 0 Å². The van der Waals surface area contributed by atoms with Gasteiger partial charge in [-0.25, -0.2) is 0 Å². The molecule has 1 heterocycles. The van der Waals surface area contributed by atoms with Crippen LogP contribution in [0.5, 0.6) is 0 Å². The molecule has 0 spiro atoms. The second kappa shape index (κ2) is 6.07. The van der Waals surface area contributed by atoms with Crippen molar-refractivity contribution in [3.8, 4) is 0 Å². The van der Waals surface area contributed by atoms with Gasteiger partial charge < -0.3 is 21.4 Å². The Kier molecular flexibility index (Phi) is 5.76. The van der Waals surface area contributed by atoms with Crippen molar-refractivity contribution in [3.05, 3.63) is 53.2 Å². The van der Waals surface area contributed by atoms with Crippen LogP contribution in [0, 0.1) is 14.4 Å². The van der Waals surface area contributed by atoms with Crippen LogP contribution in [0.2, 0.25) is 0 Å². The Labute approximate surface area is 119 Å². The van der Waals surface area contributed by atoms with Gasteiger partial charge >= 0.3 is 0 Å². The van der Waals surface area contributed by atoms with Crippen LogP contribution in [0.4, 0.5) is 0 Å². The Bertz CT molecular complexity index is 558. The molecule has 4 heteroatoms. The van der Waals surface area contributed by atoms with E-state index in [-0.39, 0.29) is 45.7 Å². The molecule has 81 valence electrons. The van der Waals surface area contributed by atoms with Crippen molar-refractivity contribution in [3.63, 3.8) is 0 Å². The molecule has 0 aliphatic rings. The summed E-state index contributed by atoms with van der Waals surface area (Å²) in [5.74, 6) is 0. The summed E-state index contributed by atoms with van der Waals surface area (Å²) in [5, 5.41) is 0.739. The average Bonchev–Trinajstić information content (AvgIpc) is 2.17. The zero-order valence-corrected chi connectivity index (χ0v) is 11.9. The Balaban J connectivity index is 0.00000112. The molecule has 0 amide bonds. The molecule has 0 N–H and O–H groups in total. The minimum absolute atomic E-state index is 0. The van der Waals surface area contributed by atoms with E-state index in [0.717, 1.165) is 10.9 Å². The van der Waals surface area contributed by atoms with Gasteiger partial charge in [-0.3, -0.25) is 0 Å². The minimum atomic E-state index is -0.642. The van der Waals surface area contributed by atoms with E-state index in [1.165, 1.54) is 6.07 Å². The molecule has 1 radical (unpaired) electrons. The fourth-order valence-corrected chi connectivity index (χ4v) is 1.31. The fourth-order valence-electron chi connectivity index (χ4n) is 1.31. The number of hydrogen-bond donors (Lipinski definition) is 0. The molecule has 0 unspecified atom stereocenters. The maximum atomic E-state index is 11.1. The number of aryl methyl sites for hydroxylation is 1. The van der Waals surface area contributed by atoms with Gasteiger partial charge in [0.1, 0.15) is 5.58 Å². The third kappa shape index (κ3) is 2.86. The first kappa shape index (κ1) is 15.2. The molecule has 0 atom stereocenters. The molecule has 2 aromatic rings. The second-order valence-electron chi connectivity index (χ2n) is 3.09. The van der Waals surface area contributed by atoms with Gasteiger partial charge in [-0.1, -0.05) is 23.3 Å². The van der Waals surface area contributed by atoms with Crippen molar-refractivity contribution >= 4 is 17.3 Å². The third-order valence-corrected chi connectivity index (χ3v) is 2.00. The number of hydrogen-bond acceptors (Lipinski definition) is 3. The molecule has 16 heavy (non-hydrogen) atoms. The smallest absolute Gasteiger partial charge is 0.228 e. The van der Waals surface area contributed by atoms with Crippen LogP contribution >= 0.6 is 0 Å². The maximum absolute atomic E-state index is 11.1. The van der Waals surface area contributed by atoms with E-state index in [4.69, 9.17) is 4.42 Å². The van der Waals surface area contributed by atoms with Gasteiger partial charge in [0.2, 0.25) is 5.63 Å². The predicted molar refractivity (Wildman–Crippen MR) is 58.4 cm³/mol. The van der Waals surface area contributed by atoms with Gasteiger partial charge in [-0.2, -0.15) is 0 Å². The summed E-state index contributed by atoms with van der Waals surface area (Å²) in [4.78, 5) is 21.5. The SMILES string of the molecule is Cc1ccc2oc(=O)c([C-]=O)cc2c1.[CH3-].[Y]. The van der Waals surface area contributed by atoms with Gasteiger partial charge in [0.25, 0.3) is 0 Å². The molecule has 0 saturated heterocycles. The largest absolute Gasteiger partial charge is 0.483 e. The molecular weight excluding hydrogens is 281 g/mol. The molecule has 0 saturated carbocycles. The van der Waals surface area contributed by atoms with Crippen LogP contribution in [-0.2, 0) is 37.5 Å². The quantitative estimate of drug-likeness (QED) is 0.596. The van der Waals surface area contributed by atoms with Crippen molar-refractivity contribution < 1.29 is 41.9 Å². The van der Waals surface area contributed by atoms with E-state index in [2.05, 4.69) is 0 Å². The van der Waals surface area contributed by atoms with Gasteiger partial charge in [0.15, 0.2) is 0 Å². The standard InChI is InChI=1S/C11H7O3.CH3.Y/c1-7-2-3-10-8(4-7)5-9(6-12)11(13)14-10;;/h2-5H,1H3;1H3;/q2*-1;. The number of rotatable bonds is 1. The monoisotopic (exact) mass is 291 g/mol. The van der Waals surface area contributed by atoms with Gasteiger partial charge in [-0.05, 0) is 18.4 Å². The first-order chi connectivity index (χ1) is 6.70. The number of fused-ring (bicyclic) bond motifs is 1. The Morgan fingerprint density at radius 1 is 1.25 bits per heavy atom. The zero-order chi connectivity index (χ0) is 10.1. The molecule has 1 aromatic heterocycles. The normalized spacial score (nSPS) is 9.06. The van der Waals surface area contributed by atoms with Crippen LogP contribution in [0.25, 0.3) is 11.0 Å². The van der Waals surface area contributed by atoms with E-state index < -0.39 is 5.63 Å². The molecule has 2 rings (SSSR count). The molecule has 0 aliphatic heterocycles. The van der Waals surface area contributed by atoms with E-state index in [1.807, 2.05) is 19.1 Å². The van der Waals surface area contributed by atoms with Crippen molar-refractivity contribution in [1.29, 1.82) is 0 Å². The number of carbonyl (C=O) groups excluding carboxylic acids is 1. The van der Waals surface area contributed by atoms with Crippen LogP contribution in [0.15, 0.2) is 33.5 Å². The Hall–Kier alpha value is -0.796. The van der Waals surface area contributed by atoms with E-state index in [9.17, 15) is 9.59 Å². The topological polar surface area (TPSA) is 47.3 Å². The molecular formula is C12H10O3Y-2. The van der Waals surface area contributed by atoms with Crippen LogP contribution < -0.4 is 5.63 Å². The summed E-state index contributed by atoms with van der Waals surface area (Å²) in [6.07, 6.45) is 1.55. The van der Waals surface area contributed by atoms with Crippen molar-refractivity contribution in [1.82, 2.24) is 0 Å². The van der Waals surface area contributed by atoms with E-state index in [0.29, 0.717) is 5.58 Å². The van der Waals surface area contributed by atoms with Crippen LogP contribution in [0.1, 0.15) is 11.1 Å². The molecule has 0 aliphatic carbocycles. The summed E-state index contributed by atoms with van der Waals surface area (Å²) < 4.78 is 4.92.